The quantitative estimate of drug-likeness (QED) is 0.667. The molecule has 0 aromatic heterocycles. The van der Waals surface area contributed by atoms with Crippen LogP contribution in [0.1, 0.15) is 46.4 Å². The van der Waals surface area contributed by atoms with Crippen molar-refractivity contribution in [3.8, 4) is 23.0 Å². The first-order chi connectivity index (χ1) is 15.7. The van der Waals surface area contributed by atoms with E-state index < -0.39 is 24.1 Å². The number of benzene rings is 2. The Hall–Kier alpha value is -3.42. The van der Waals surface area contributed by atoms with Crippen LogP contribution in [0.3, 0.4) is 0 Å². The Morgan fingerprint density at radius 3 is 1.47 bits per heavy atom. The van der Waals surface area contributed by atoms with Gasteiger partial charge in [-0.2, -0.15) is 0 Å². The van der Waals surface area contributed by atoms with Gasteiger partial charge < -0.3 is 28.4 Å². The maximum atomic E-state index is 12.8. The molecular formula is C24H24O8. The molecule has 5 rings (SSSR count). The van der Waals surface area contributed by atoms with E-state index in [1.54, 1.807) is 36.4 Å². The fourth-order valence-electron chi connectivity index (χ4n) is 4.08. The lowest BCUT2D eigenvalue weighted by molar-refractivity contribution is -0.0514. The van der Waals surface area contributed by atoms with Crippen LogP contribution in [0.5, 0.6) is 23.0 Å². The van der Waals surface area contributed by atoms with Crippen molar-refractivity contribution in [3.05, 3.63) is 47.5 Å². The first-order valence-corrected chi connectivity index (χ1v) is 10.9. The van der Waals surface area contributed by atoms with E-state index in [9.17, 15) is 9.59 Å². The SMILES string of the molecule is O=C(OC1CCCCC1OC(=O)c1ccc2c(c1)OCCO2)c1ccc2c(c1)OCCO2. The molecule has 3 aliphatic rings. The van der Waals surface area contributed by atoms with Gasteiger partial charge >= 0.3 is 11.9 Å². The van der Waals surface area contributed by atoms with Gasteiger partial charge in [-0.3, -0.25) is 0 Å². The van der Waals surface area contributed by atoms with E-state index in [1.807, 2.05) is 0 Å². The zero-order valence-electron chi connectivity index (χ0n) is 17.5. The normalized spacial score (nSPS) is 21.4. The van der Waals surface area contributed by atoms with Crippen molar-refractivity contribution in [2.24, 2.45) is 0 Å². The molecular weight excluding hydrogens is 416 g/mol. The van der Waals surface area contributed by atoms with Gasteiger partial charge in [-0.25, -0.2) is 9.59 Å². The van der Waals surface area contributed by atoms with E-state index in [2.05, 4.69) is 0 Å². The average Bonchev–Trinajstić information content (AvgIpc) is 2.84. The fraction of sp³-hybridized carbons (Fsp3) is 0.417. The summed E-state index contributed by atoms with van der Waals surface area (Å²) in [5.41, 5.74) is 0.744. The Kier molecular flexibility index (Phi) is 5.75. The maximum absolute atomic E-state index is 12.8. The topological polar surface area (TPSA) is 89.5 Å². The summed E-state index contributed by atoms with van der Waals surface area (Å²) in [4.78, 5) is 25.5. The third-order valence-electron chi connectivity index (χ3n) is 5.71. The summed E-state index contributed by atoms with van der Waals surface area (Å²) in [6.07, 6.45) is 2.05. The van der Waals surface area contributed by atoms with Crippen molar-refractivity contribution in [2.45, 2.75) is 37.9 Å². The van der Waals surface area contributed by atoms with Gasteiger partial charge in [0.25, 0.3) is 0 Å². The van der Waals surface area contributed by atoms with Crippen LogP contribution in [0, 0.1) is 0 Å². The molecule has 2 heterocycles. The highest BCUT2D eigenvalue weighted by Gasteiger charge is 2.32. The maximum Gasteiger partial charge on any atom is 0.338 e. The molecule has 0 amide bonds. The zero-order chi connectivity index (χ0) is 21.9. The van der Waals surface area contributed by atoms with Gasteiger partial charge in [0.15, 0.2) is 23.0 Å². The number of carbonyl (C=O) groups excluding carboxylic acids is 2. The molecule has 1 fully saturated rings. The summed E-state index contributed by atoms with van der Waals surface area (Å²) < 4.78 is 33.6. The fourth-order valence-corrected chi connectivity index (χ4v) is 4.08. The monoisotopic (exact) mass is 440 g/mol. The Labute approximate surface area is 185 Å². The second-order valence-electron chi connectivity index (χ2n) is 7.89. The summed E-state index contributed by atoms with van der Waals surface area (Å²) in [6, 6.07) is 9.94. The summed E-state index contributed by atoms with van der Waals surface area (Å²) in [7, 11) is 0. The highest BCUT2D eigenvalue weighted by atomic mass is 16.6. The lowest BCUT2D eigenvalue weighted by atomic mass is 9.94. The second kappa shape index (κ2) is 8.98. The minimum absolute atomic E-state index is 0.372. The van der Waals surface area contributed by atoms with Crippen molar-refractivity contribution in [3.63, 3.8) is 0 Å². The van der Waals surface area contributed by atoms with E-state index in [0.717, 1.165) is 12.8 Å². The van der Waals surface area contributed by atoms with Crippen molar-refractivity contribution >= 4 is 11.9 Å². The van der Waals surface area contributed by atoms with Crippen LogP contribution in [0.25, 0.3) is 0 Å². The summed E-state index contributed by atoms with van der Waals surface area (Å²) in [6.45, 7) is 1.84. The molecule has 2 aromatic carbocycles. The van der Waals surface area contributed by atoms with E-state index in [0.29, 0.717) is 73.4 Å². The molecule has 8 heteroatoms. The standard InChI is InChI=1S/C24H24O8/c25-23(15-5-7-17-21(13-15)29-11-9-27-17)31-19-3-1-2-4-20(19)32-24(26)16-6-8-18-22(14-16)30-12-10-28-18/h5-8,13-14,19-20H,1-4,9-12H2. The lowest BCUT2D eigenvalue weighted by Crippen LogP contribution is -2.38. The van der Waals surface area contributed by atoms with E-state index in [4.69, 9.17) is 28.4 Å². The number of esters is 2. The number of carbonyl (C=O) groups is 2. The van der Waals surface area contributed by atoms with Gasteiger partial charge in [-0.05, 0) is 62.1 Å². The molecule has 0 saturated heterocycles. The molecule has 2 aliphatic heterocycles. The molecule has 32 heavy (non-hydrogen) atoms. The van der Waals surface area contributed by atoms with E-state index >= 15 is 0 Å². The molecule has 168 valence electrons. The van der Waals surface area contributed by atoms with E-state index in [-0.39, 0.29) is 0 Å². The van der Waals surface area contributed by atoms with Gasteiger partial charge in [-0.1, -0.05) is 0 Å². The van der Waals surface area contributed by atoms with Gasteiger partial charge in [0.1, 0.15) is 38.6 Å². The predicted octanol–water partition coefficient (Wildman–Crippen LogP) is 3.55. The average molecular weight is 440 g/mol. The summed E-state index contributed by atoms with van der Waals surface area (Å²) in [5, 5.41) is 0. The highest BCUT2D eigenvalue weighted by Crippen LogP contribution is 2.33. The van der Waals surface area contributed by atoms with Crippen molar-refractivity contribution in [2.75, 3.05) is 26.4 Å². The molecule has 8 nitrogen and oxygen atoms in total. The Balaban J connectivity index is 1.26. The minimum Gasteiger partial charge on any atom is -0.486 e. The van der Waals surface area contributed by atoms with Crippen molar-refractivity contribution in [1.29, 1.82) is 0 Å². The van der Waals surface area contributed by atoms with Crippen molar-refractivity contribution < 1.29 is 38.0 Å². The molecule has 2 unspecified atom stereocenters. The molecule has 1 saturated carbocycles. The Bertz CT molecular complexity index is 936. The number of hydrogen-bond donors (Lipinski definition) is 0. The Morgan fingerprint density at radius 1 is 0.625 bits per heavy atom. The first kappa shape index (κ1) is 20.5. The number of hydrogen-bond acceptors (Lipinski definition) is 8. The van der Waals surface area contributed by atoms with Gasteiger partial charge in [0.05, 0.1) is 11.1 Å². The molecule has 0 radical (unpaired) electrons. The highest BCUT2D eigenvalue weighted by molar-refractivity contribution is 5.91. The molecule has 2 aromatic rings. The van der Waals surface area contributed by atoms with E-state index in [1.165, 1.54) is 0 Å². The van der Waals surface area contributed by atoms with Crippen LogP contribution in [0.4, 0.5) is 0 Å². The molecule has 1 aliphatic carbocycles. The number of rotatable bonds is 4. The molecule has 0 bridgehead atoms. The van der Waals surface area contributed by atoms with Crippen LogP contribution >= 0.6 is 0 Å². The molecule has 2 atom stereocenters. The zero-order valence-corrected chi connectivity index (χ0v) is 17.5. The molecule has 0 spiro atoms. The van der Waals surface area contributed by atoms with Crippen LogP contribution < -0.4 is 18.9 Å². The third kappa shape index (κ3) is 4.30. The smallest absolute Gasteiger partial charge is 0.338 e. The van der Waals surface area contributed by atoms with Crippen LogP contribution in [-0.2, 0) is 9.47 Å². The second-order valence-corrected chi connectivity index (χ2v) is 7.89. The third-order valence-corrected chi connectivity index (χ3v) is 5.71. The number of fused-ring (bicyclic) bond motifs is 2. The first-order valence-electron chi connectivity index (χ1n) is 10.9. The summed E-state index contributed by atoms with van der Waals surface area (Å²) >= 11 is 0. The van der Waals surface area contributed by atoms with Crippen LogP contribution in [0.2, 0.25) is 0 Å². The molecule has 0 N–H and O–H groups in total. The number of ether oxygens (including phenoxy) is 6. The Morgan fingerprint density at radius 2 is 1.03 bits per heavy atom. The summed E-state index contributed by atoms with van der Waals surface area (Å²) in [5.74, 6) is 1.31. The largest absolute Gasteiger partial charge is 0.486 e. The van der Waals surface area contributed by atoms with Crippen LogP contribution in [-0.4, -0.2) is 50.6 Å². The lowest BCUT2D eigenvalue weighted by Gasteiger charge is -2.31. The van der Waals surface area contributed by atoms with Crippen LogP contribution in [0.15, 0.2) is 36.4 Å². The van der Waals surface area contributed by atoms with Gasteiger partial charge in [-0.15, -0.1) is 0 Å². The van der Waals surface area contributed by atoms with Crippen molar-refractivity contribution in [1.82, 2.24) is 0 Å². The minimum atomic E-state index is -0.509. The van der Waals surface area contributed by atoms with Gasteiger partial charge in [0.2, 0.25) is 0 Å². The predicted molar refractivity (Wildman–Crippen MR) is 112 cm³/mol. The van der Waals surface area contributed by atoms with Gasteiger partial charge in [0, 0.05) is 0 Å².